The zero-order valence-corrected chi connectivity index (χ0v) is 19.1. The van der Waals surface area contributed by atoms with E-state index >= 15 is 0 Å². The first kappa shape index (κ1) is 18.4. The van der Waals surface area contributed by atoms with Crippen molar-refractivity contribution < 1.29 is 0 Å². The number of fused-ring (bicyclic) bond motifs is 9. The zero-order valence-electron chi connectivity index (χ0n) is 18.4. The molecular weight excluding hydrogens is 411 g/mol. The van der Waals surface area contributed by atoms with Gasteiger partial charge in [0.05, 0.1) is 11.4 Å². The molecule has 0 saturated heterocycles. The van der Waals surface area contributed by atoms with Crippen LogP contribution in [0.4, 0.5) is 22.7 Å². The van der Waals surface area contributed by atoms with E-state index in [0.29, 0.717) is 0 Å². The van der Waals surface area contributed by atoms with Gasteiger partial charge in [0.25, 0.3) is 0 Å². The van der Waals surface area contributed by atoms with E-state index in [9.17, 15) is 0 Å². The highest BCUT2D eigenvalue weighted by Crippen LogP contribution is 2.56. The van der Waals surface area contributed by atoms with E-state index in [1.165, 1.54) is 56.0 Å². The average Bonchev–Trinajstić information content (AvgIpc) is 3.13. The van der Waals surface area contributed by atoms with Crippen LogP contribution < -0.4 is 15.1 Å². The molecule has 0 fully saturated rings. The highest BCUT2D eigenvalue weighted by Gasteiger charge is 2.51. The Morgan fingerprint density at radius 3 is 1.78 bits per heavy atom. The van der Waals surface area contributed by atoms with Crippen LogP contribution in [0, 0.1) is 0 Å². The van der Waals surface area contributed by atoms with E-state index < -0.39 is 0 Å². The molecule has 0 bridgehead atoms. The normalized spacial score (nSPS) is 14.7. The minimum Gasteiger partial charge on any atom is -0.359 e. The van der Waals surface area contributed by atoms with Crippen molar-refractivity contribution in [3.8, 4) is 22.3 Å². The van der Waals surface area contributed by atoms with Crippen molar-refractivity contribution in [1.82, 2.24) is 0 Å². The summed E-state index contributed by atoms with van der Waals surface area (Å²) in [4.78, 5) is 4.98. The summed E-state index contributed by atoms with van der Waals surface area (Å²) in [5.41, 5.74) is 13.0. The first-order valence-electron chi connectivity index (χ1n) is 11.2. The molecule has 154 valence electrons. The second-order valence-electron chi connectivity index (χ2n) is 10.0. The summed E-state index contributed by atoms with van der Waals surface area (Å²) < 4.78 is 0. The van der Waals surface area contributed by atoms with Crippen molar-refractivity contribution in [2.75, 3.05) is 9.62 Å². The molecule has 3 aliphatic heterocycles. The first-order chi connectivity index (χ1) is 15.4. The van der Waals surface area contributed by atoms with Crippen molar-refractivity contribution in [1.29, 1.82) is 0 Å². The highest BCUT2D eigenvalue weighted by molar-refractivity contribution is 6.88. The molecule has 3 heterocycles. The third-order valence-electron chi connectivity index (χ3n) is 7.16. The fourth-order valence-electron chi connectivity index (χ4n) is 5.69. The van der Waals surface area contributed by atoms with E-state index in [0.717, 1.165) is 5.02 Å². The summed E-state index contributed by atoms with van der Waals surface area (Å²) >= 11 is 6.51. The van der Waals surface area contributed by atoms with Crippen LogP contribution in [-0.2, 0) is 5.41 Å². The van der Waals surface area contributed by atoms with Crippen LogP contribution in [0.15, 0.2) is 78.9 Å². The van der Waals surface area contributed by atoms with Crippen molar-refractivity contribution in [3.63, 3.8) is 0 Å². The third kappa shape index (κ3) is 2.22. The molecule has 7 rings (SSSR count). The Kier molecular flexibility index (Phi) is 3.45. The summed E-state index contributed by atoms with van der Waals surface area (Å²) in [5.74, 6) is 0. The Hall–Kier alpha value is -3.17. The van der Waals surface area contributed by atoms with Gasteiger partial charge in [0.1, 0.15) is 0 Å². The van der Waals surface area contributed by atoms with E-state index in [2.05, 4.69) is 103 Å². The molecule has 0 spiro atoms. The van der Waals surface area contributed by atoms with Gasteiger partial charge in [0.2, 0.25) is 0 Å². The van der Waals surface area contributed by atoms with Gasteiger partial charge in [0, 0.05) is 27.5 Å². The van der Waals surface area contributed by atoms with E-state index in [4.69, 9.17) is 11.6 Å². The minimum absolute atomic E-state index is 0.0653. The van der Waals surface area contributed by atoms with Crippen molar-refractivity contribution in [2.24, 2.45) is 0 Å². The second kappa shape index (κ2) is 5.99. The molecular formula is C28H22BClN2. The van der Waals surface area contributed by atoms with Crippen LogP contribution in [0.5, 0.6) is 0 Å². The molecule has 4 aromatic rings. The molecule has 4 aromatic carbocycles. The van der Waals surface area contributed by atoms with E-state index in [1.807, 2.05) is 6.07 Å². The number of halogens is 1. The van der Waals surface area contributed by atoms with Crippen molar-refractivity contribution >= 4 is 46.8 Å². The van der Waals surface area contributed by atoms with Crippen LogP contribution >= 0.6 is 11.6 Å². The maximum atomic E-state index is 6.51. The average molecular weight is 433 g/mol. The Labute approximate surface area is 194 Å². The summed E-state index contributed by atoms with van der Waals surface area (Å²) in [6.07, 6.45) is 0. The number of nitrogens with zero attached hydrogens (tertiary/aromatic N) is 2. The molecule has 3 aliphatic rings. The first-order valence-corrected chi connectivity index (χ1v) is 11.6. The smallest absolute Gasteiger partial charge is 0.359 e. The Balaban J connectivity index is 1.67. The standard InChI is InChI=1S/C28H22BClN2/c1-28(2,3)17-14-21-19-8-4-6-10-23(19)31-25-13-12-18(30)16-26(25)32-24-11-7-5-9-20(24)22(15-17)27(21)29(31)32/h4-16H,1-3H3. The fraction of sp³-hybridized carbons (Fsp3) is 0.143. The van der Waals surface area contributed by atoms with Crippen LogP contribution in [0.25, 0.3) is 22.3 Å². The van der Waals surface area contributed by atoms with Crippen LogP contribution in [-0.4, -0.2) is 6.98 Å². The number of benzene rings is 4. The van der Waals surface area contributed by atoms with Crippen LogP contribution in [0.2, 0.25) is 5.02 Å². The van der Waals surface area contributed by atoms with Gasteiger partial charge in [-0.25, -0.2) is 0 Å². The minimum atomic E-state index is 0.0653. The summed E-state index contributed by atoms with van der Waals surface area (Å²) in [6, 6.07) is 28.8. The van der Waals surface area contributed by atoms with Crippen molar-refractivity contribution in [2.45, 2.75) is 26.2 Å². The van der Waals surface area contributed by atoms with Gasteiger partial charge in [-0.05, 0) is 57.9 Å². The second-order valence-corrected chi connectivity index (χ2v) is 10.5. The number of para-hydroxylation sites is 2. The molecule has 2 nitrogen and oxygen atoms in total. The third-order valence-corrected chi connectivity index (χ3v) is 7.39. The predicted octanol–water partition coefficient (Wildman–Crippen LogP) is 7.28. The Bertz CT molecular complexity index is 1440. The molecule has 0 aromatic heterocycles. The quantitative estimate of drug-likeness (QED) is 0.269. The van der Waals surface area contributed by atoms with E-state index in [1.54, 1.807) is 0 Å². The molecule has 32 heavy (non-hydrogen) atoms. The summed E-state index contributed by atoms with van der Waals surface area (Å²) in [6.45, 7) is 7.00. The molecule has 0 radical (unpaired) electrons. The molecule has 0 aliphatic carbocycles. The van der Waals surface area contributed by atoms with Gasteiger partial charge in [-0.15, -0.1) is 0 Å². The predicted molar refractivity (Wildman–Crippen MR) is 137 cm³/mol. The fourth-order valence-corrected chi connectivity index (χ4v) is 5.85. The van der Waals surface area contributed by atoms with Crippen molar-refractivity contribution in [3.05, 3.63) is 89.4 Å². The number of rotatable bonds is 0. The molecule has 0 amide bonds. The number of hydrogen-bond donors (Lipinski definition) is 0. The zero-order chi connectivity index (χ0) is 21.8. The lowest BCUT2D eigenvalue weighted by Gasteiger charge is -2.42. The topological polar surface area (TPSA) is 6.48 Å². The number of hydrogen-bond acceptors (Lipinski definition) is 2. The lowest BCUT2D eigenvalue weighted by Crippen LogP contribution is -2.58. The van der Waals surface area contributed by atoms with E-state index in [-0.39, 0.29) is 12.4 Å². The molecule has 0 N–H and O–H groups in total. The van der Waals surface area contributed by atoms with Gasteiger partial charge in [-0.1, -0.05) is 80.9 Å². The largest absolute Gasteiger partial charge is 0.422 e. The molecule has 4 heteroatoms. The van der Waals surface area contributed by atoms with Crippen LogP contribution in [0.1, 0.15) is 26.3 Å². The molecule has 0 atom stereocenters. The Morgan fingerprint density at radius 1 is 0.625 bits per heavy atom. The highest BCUT2D eigenvalue weighted by atomic mass is 35.5. The molecule has 0 unspecified atom stereocenters. The summed E-state index contributed by atoms with van der Waals surface area (Å²) in [5, 5.41) is 0.767. The van der Waals surface area contributed by atoms with Gasteiger partial charge < -0.3 is 9.62 Å². The SMILES string of the molecule is CC(C)(C)c1cc2c3c(c1)-c1ccccc1N1B3N(c3ccccc3-2)c2ccc(Cl)cc21. The number of anilines is 4. The monoisotopic (exact) mass is 432 g/mol. The molecule has 0 saturated carbocycles. The lowest BCUT2D eigenvalue weighted by molar-refractivity contribution is 0.591. The van der Waals surface area contributed by atoms with Gasteiger partial charge >= 0.3 is 6.98 Å². The lowest BCUT2D eigenvalue weighted by atomic mass is 9.54. The van der Waals surface area contributed by atoms with Crippen LogP contribution in [0.3, 0.4) is 0 Å². The van der Waals surface area contributed by atoms with Gasteiger partial charge in [-0.3, -0.25) is 0 Å². The van der Waals surface area contributed by atoms with Gasteiger partial charge in [0.15, 0.2) is 0 Å². The maximum absolute atomic E-state index is 6.51. The maximum Gasteiger partial charge on any atom is 0.422 e. The Morgan fingerprint density at radius 2 is 1.19 bits per heavy atom. The van der Waals surface area contributed by atoms with Gasteiger partial charge in [-0.2, -0.15) is 0 Å². The summed E-state index contributed by atoms with van der Waals surface area (Å²) in [7, 11) is 0.